The number of urea groups is 1. The van der Waals surface area contributed by atoms with Gasteiger partial charge in [0.2, 0.25) is 0 Å². The molecule has 0 unspecified atom stereocenters. The van der Waals surface area contributed by atoms with Gasteiger partial charge in [0, 0.05) is 12.7 Å². The van der Waals surface area contributed by atoms with E-state index in [2.05, 4.69) is 5.32 Å². The molecule has 0 radical (unpaired) electrons. The Morgan fingerprint density at radius 1 is 1.42 bits per heavy atom. The fourth-order valence-corrected chi connectivity index (χ4v) is 1.31. The minimum atomic E-state index is -0.0290. The van der Waals surface area contributed by atoms with Crippen molar-refractivity contribution in [3.05, 3.63) is 36.6 Å². The van der Waals surface area contributed by atoms with Gasteiger partial charge >= 0.3 is 6.03 Å². The smallest absolute Gasteiger partial charge is 0.322 e. The second-order valence-corrected chi connectivity index (χ2v) is 2.74. The summed E-state index contributed by atoms with van der Waals surface area (Å²) < 4.78 is 0. The van der Waals surface area contributed by atoms with Gasteiger partial charge in [-0.2, -0.15) is 0 Å². The highest BCUT2D eigenvalue weighted by atomic mass is 16.2. The van der Waals surface area contributed by atoms with Crippen LogP contribution >= 0.6 is 0 Å². The maximum absolute atomic E-state index is 11.3. The van der Waals surface area contributed by atoms with Gasteiger partial charge in [-0.15, -0.1) is 0 Å². The first-order valence-electron chi connectivity index (χ1n) is 3.96. The molecule has 0 saturated carbocycles. The molecule has 2 amide bonds. The van der Waals surface area contributed by atoms with E-state index >= 15 is 0 Å². The van der Waals surface area contributed by atoms with Crippen molar-refractivity contribution >= 4 is 6.03 Å². The molecule has 12 heavy (non-hydrogen) atoms. The highest BCUT2D eigenvalue weighted by Gasteiger charge is 2.19. The van der Waals surface area contributed by atoms with Crippen LogP contribution in [-0.4, -0.2) is 23.5 Å². The molecule has 0 aromatic rings. The Kier molecular flexibility index (Phi) is 1.70. The number of rotatable bonds is 1. The monoisotopic (exact) mass is 162 g/mol. The normalized spacial score (nSPS) is 22.0. The third kappa shape index (κ3) is 1.13. The molecule has 2 aliphatic rings. The van der Waals surface area contributed by atoms with E-state index in [1.54, 1.807) is 4.90 Å². The van der Waals surface area contributed by atoms with Crippen molar-refractivity contribution in [3.63, 3.8) is 0 Å². The second kappa shape index (κ2) is 2.85. The van der Waals surface area contributed by atoms with Gasteiger partial charge in [-0.3, -0.25) is 4.90 Å². The number of amides is 2. The largest absolute Gasteiger partial charge is 0.334 e. The molecule has 3 nitrogen and oxygen atoms in total. The van der Waals surface area contributed by atoms with E-state index in [9.17, 15) is 4.79 Å². The summed E-state index contributed by atoms with van der Waals surface area (Å²) in [5.74, 6) is 0. The summed E-state index contributed by atoms with van der Waals surface area (Å²) in [6, 6.07) is 0.0697. The van der Waals surface area contributed by atoms with E-state index in [-0.39, 0.29) is 12.1 Å². The second-order valence-electron chi connectivity index (χ2n) is 2.74. The summed E-state index contributed by atoms with van der Waals surface area (Å²) in [6.45, 7) is 0.634. The lowest BCUT2D eigenvalue weighted by atomic mass is 10.3. The molecule has 3 heteroatoms. The van der Waals surface area contributed by atoms with Crippen molar-refractivity contribution in [2.45, 2.75) is 6.04 Å². The van der Waals surface area contributed by atoms with E-state index in [0.29, 0.717) is 6.54 Å². The number of nitrogens with one attached hydrogen (secondary N) is 1. The van der Waals surface area contributed by atoms with Gasteiger partial charge in [0.1, 0.15) is 0 Å². The van der Waals surface area contributed by atoms with Crippen molar-refractivity contribution in [3.8, 4) is 0 Å². The maximum atomic E-state index is 11.3. The first-order chi connectivity index (χ1) is 5.88. The summed E-state index contributed by atoms with van der Waals surface area (Å²) in [6.07, 6.45) is 11.6. The van der Waals surface area contributed by atoms with Crippen molar-refractivity contribution < 1.29 is 4.79 Å². The Hall–Kier alpha value is -1.51. The molecule has 0 bridgehead atoms. The minimum Gasteiger partial charge on any atom is -0.334 e. The quantitative estimate of drug-likeness (QED) is 0.613. The van der Waals surface area contributed by atoms with Crippen LogP contribution in [0.4, 0.5) is 4.79 Å². The van der Waals surface area contributed by atoms with Crippen LogP contribution in [0.15, 0.2) is 36.6 Å². The van der Waals surface area contributed by atoms with Crippen molar-refractivity contribution in [2.24, 2.45) is 0 Å². The number of hydrogen-bond acceptors (Lipinski definition) is 1. The van der Waals surface area contributed by atoms with Crippen LogP contribution in [0.25, 0.3) is 0 Å². The van der Waals surface area contributed by atoms with E-state index in [1.807, 2.05) is 36.6 Å². The highest BCUT2D eigenvalue weighted by molar-refractivity contribution is 5.77. The number of carbonyl (C=O) groups is 1. The number of allylic oxidation sites excluding steroid dienone is 2. The molecule has 2 rings (SSSR count). The van der Waals surface area contributed by atoms with Crippen molar-refractivity contribution in [1.82, 2.24) is 10.2 Å². The third-order valence-electron chi connectivity index (χ3n) is 1.92. The zero-order valence-corrected chi connectivity index (χ0v) is 6.60. The van der Waals surface area contributed by atoms with Crippen LogP contribution in [-0.2, 0) is 0 Å². The van der Waals surface area contributed by atoms with Gasteiger partial charge in [0.05, 0.1) is 6.04 Å². The Balaban J connectivity index is 2.15. The lowest BCUT2D eigenvalue weighted by Gasteiger charge is -2.25. The van der Waals surface area contributed by atoms with Gasteiger partial charge in [0.25, 0.3) is 0 Å². The van der Waals surface area contributed by atoms with Crippen LogP contribution in [0, 0.1) is 0 Å². The molecule has 1 heterocycles. The Morgan fingerprint density at radius 2 is 2.17 bits per heavy atom. The topological polar surface area (TPSA) is 32.3 Å². The number of nitrogens with zero attached hydrogens (tertiary/aromatic N) is 1. The molecule has 1 aliphatic carbocycles. The van der Waals surface area contributed by atoms with Crippen molar-refractivity contribution in [1.29, 1.82) is 0 Å². The van der Waals surface area contributed by atoms with Gasteiger partial charge in [-0.25, -0.2) is 4.79 Å². The molecule has 0 aromatic carbocycles. The van der Waals surface area contributed by atoms with Crippen LogP contribution in [0.2, 0.25) is 0 Å². The number of hydrogen-bond donors (Lipinski definition) is 1. The van der Waals surface area contributed by atoms with Gasteiger partial charge in [-0.05, 0) is 6.08 Å². The zero-order valence-electron chi connectivity index (χ0n) is 6.60. The summed E-state index contributed by atoms with van der Waals surface area (Å²) in [5.41, 5.74) is 0. The SMILES string of the molecule is O=C1NCC=CN1C1C=CC=C1. The Labute approximate surface area is 71.0 Å². The van der Waals surface area contributed by atoms with Gasteiger partial charge in [-0.1, -0.05) is 24.3 Å². The van der Waals surface area contributed by atoms with E-state index in [1.165, 1.54) is 0 Å². The predicted molar refractivity (Wildman–Crippen MR) is 46.4 cm³/mol. The first kappa shape index (κ1) is 7.16. The molecule has 0 saturated heterocycles. The summed E-state index contributed by atoms with van der Waals surface area (Å²) in [4.78, 5) is 12.9. The summed E-state index contributed by atoms with van der Waals surface area (Å²) in [5, 5.41) is 2.74. The molecule has 62 valence electrons. The molecule has 0 fully saturated rings. The minimum absolute atomic E-state index is 0.0290. The van der Waals surface area contributed by atoms with Gasteiger partial charge in [0.15, 0.2) is 0 Å². The van der Waals surface area contributed by atoms with E-state index in [4.69, 9.17) is 0 Å². The van der Waals surface area contributed by atoms with Crippen LogP contribution < -0.4 is 5.32 Å². The molecule has 0 aromatic heterocycles. The Bertz CT molecular complexity index is 266. The fourth-order valence-electron chi connectivity index (χ4n) is 1.31. The zero-order chi connectivity index (χ0) is 8.39. The van der Waals surface area contributed by atoms with E-state index < -0.39 is 0 Å². The van der Waals surface area contributed by atoms with Gasteiger partial charge < -0.3 is 5.32 Å². The summed E-state index contributed by atoms with van der Waals surface area (Å²) in [7, 11) is 0. The fraction of sp³-hybridized carbons (Fsp3) is 0.222. The van der Waals surface area contributed by atoms with Crippen molar-refractivity contribution in [2.75, 3.05) is 6.54 Å². The van der Waals surface area contributed by atoms with E-state index in [0.717, 1.165) is 0 Å². The molecule has 0 atom stereocenters. The van der Waals surface area contributed by atoms with Crippen LogP contribution in [0.3, 0.4) is 0 Å². The van der Waals surface area contributed by atoms with Crippen LogP contribution in [0.5, 0.6) is 0 Å². The molecule has 1 aliphatic heterocycles. The molecular weight excluding hydrogens is 152 g/mol. The predicted octanol–water partition coefficient (Wildman–Crippen LogP) is 1.02. The first-order valence-corrected chi connectivity index (χ1v) is 3.96. The average Bonchev–Trinajstić information content (AvgIpc) is 2.57. The standard InChI is InChI=1S/C9H10N2O/c12-9-10-6-3-7-11(9)8-4-1-2-5-8/h1-5,7-8H,6H2,(H,10,12). The summed E-state index contributed by atoms with van der Waals surface area (Å²) >= 11 is 0. The molecule has 0 spiro atoms. The number of carbonyl (C=O) groups excluding carboxylic acids is 1. The average molecular weight is 162 g/mol. The lowest BCUT2D eigenvalue weighted by molar-refractivity contribution is 0.211. The van der Waals surface area contributed by atoms with Crippen LogP contribution in [0.1, 0.15) is 0 Å². The molecular formula is C9H10N2O. The maximum Gasteiger partial charge on any atom is 0.322 e. The molecule has 1 N–H and O–H groups in total. The Morgan fingerprint density at radius 3 is 2.83 bits per heavy atom. The lowest BCUT2D eigenvalue weighted by Crippen LogP contribution is -2.43. The third-order valence-corrected chi connectivity index (χ3v) is 1.92. The highest BCUT2D eigenvalue weighted by Crippen LogP contribution is 2.11.